The lowest BCUT2D eigenvalue weighted by Gasteiger charge is -2.05. The highest BCUT2D eigenvalue weighted by Crippen LogP contribution is 2.26. The zero-order valence-corrected chi connectivity index (χ0v) is 12.7. The summed E-state index contributed by atoms with van der Waals surface area (Å²) >= 11 is 0. The summed E-state index contributed by atoms with van der Waals surface area (Å²) in [6, 6.07) is 21.6. The fourth-order valence-corrected chi connectivity index (χ4v) is 2.85. The van der Waals surface area contributed by atoms with E-state index in [-0.39, 0.29) is 5.91 Å². The average molecular weight is 301 g/mol. The van der Waals surface area contributed by atoms with Gasteiger partial charge in [0.15, 0.2) is 5.76 Å². The molecule has 0 aliphatic rings. The number of carbonyl (C=O) groups excluding carboxylic acids is 1. The second-order valence-electron chi connectivity index (χ2n) is 5.57. The predicted molar refractivity (Wildman–Crippen MR) is 92.9 cm³/mol. The first kappa shape index (κ1) is 13.6. The first-order chi connectivity index (χ1) is 11.2. The van der Waals surface area contributed by atoms with Crippen LogP contribution in [-0.2, 0) is 0 Å². The second-order valence-corrected chi connectivity index (χ2v) is 5.57. The first-order valence-corrected chi connectivity index (χ1v) is 7.51. The van der Waals surface area contributed by atoms with E-state index in [1.54, 1.807) is 0 Å². The summed E-state index contributed by atoms with van der Waals surface area (Å²) in [5.74, 6) is 0.133. The van der Waals surface area contributed by atoms with Gasteiger partial charge in [0.1, 0.15) is 5.58 Å². The highest BCUT2D eigenvalue weighted by molar-refractivity contribution is 6.07. The van der Waals surface area contributed by atoms with Crippen molar-refractivity contribution < 1.29 is 9.21 Å². The fraction of sp³-hybridized carbons (Fsp3) is 0.0500. The van der Waals surface area contributed by atoms with Crippen LogP contribution in [0, 0.1) is 6.92 Å². The highest BCUT2D eigenvalue weighted by Gasteiger charge is 2.17. The summed E-state index contributed by atoms with van der Waals surface area (Å²) in [5.41, 5.74) is 2.35. The maximum atomic E-state index is 12.5. The Labute approximate surface area is 133 Å². The van der Waals surface area contributed by atoms with Gasteiger partial charge in [0.2, 0.25) is 0 Å². The number of carbonyl (C=O) groups is 1. The molecule has 0 saturated carbocycles. The maximum absolute atomic E-state index is 12.5. The van der Waals surface area contributed by atoms with Crippen LogP contribution in [0.15, 0.2) is 71.1 Å². The van der Waals surface area contributed by atoms with Crippen molar-refractivity contribution in [2.75, 3.05) is 5.32 Å². The Balaban J connectivity index is 1.69. The minimum atomic E-state index is -0.228. The SMILES string of the molecule is Cc1c(C(=O)Nc2ccc3ccccc3c2)oc2ccccc12. The zero-order chi connectivity index (χ0) is 15.8. The van der Waals surface area contributed by atoms with E-state index in [9.17, 15) is 4.79 Å². The number of nitrogens with one attached hydrogen (secondary N) is 1. The lowest BCUT2D eigenvalue weighted by Crippen LogP contribution is -2.12. The lowest BCUT2D eigenvalue weighted by molar-refractivity contribution is 0.0998. The largest absolute Gasteiger partial charge is 0.451 e. The van der Waals surface area contributed by atoms with Crippen molar-refractivity contribution in [3.63, 3.8) is 0 Å². The van der Waals surface area contributed by atoms with Crippen LogP contribution in [0.3, 0.4) is 0 Å². The van der Waals surface area contributed by atoms with Crippen LogP contribution in [0.1, 0.15) is 16.1 Å². The van der Waals surface area contributed by atoms with Gasteiger partial charge in [-0.1, -0.05) is 48.5 Å². The van der Waals surface area contributed by atoms with Gasteiger partial charge in [-0.05, 0) is 35.9 Å². The molecule has 3 nitrogen and oxygen atoms in total. The number of amides is 1. The van der Waals surface area contributed by atoms with E-state index in [0.717, 1.165) is 33.0 Å². The molecule has 0 spiro atoms. The Morgan fingerprint density at radius 2 is 1.65 bits per heavy atom. The van der Waals surface area contributed by atoms with Crippen molar-refractivity contribution in [1.29, 1.82) is 0 Å². The number of aryl methyl sites for hydroxylation is 1. The van der Waals surface area contributed by atoms with Gasteiger partial charge in [0.25, 0.3) is 5.91 Å². The Kier molecular flexibility index (Phi) is 3.12. The molecule has 0 unspecified atom stereocenters. The molecule has 1 N–H and O–H groups in total. The average Bonchev–Trinajstić information content (AvgIpc) is 2.92. The molecule has 112 valence electrons. The summed E-state index contributed by atoms with van der Waals surface area (Å²) in [6.07, 6.45) is 0. The van der Waals surface area contributed by atoms with E-state index < -0.39 is 0 Å². The van der Waals surface area contributed by atoms with Gasteiger partial charge in [-0.25, -0.2) is 0 Å². The summed E-state index contributed by atoms with van der Waals surface area (Å²) in [5, 5.41) is 6.12. The van der Waals surface area contributed by atoms with Gasteiger partial charge in [-0.3, -0.25) is 4.79 Å². The normalized spacial score (nSPS) is 11.0. The maximum Gasteiger partial charge on any atom is 0.291 e. The Morgan fingerprint density at radius 3 is 2.48 bits per heavy atom. The quantitative estimate of drug-likeness (QED) is 0.556. The van der Waals surface area contributed by atoms with Crippen LogP contribution in [0.25, 0.3) is 21.7 Å². The molecule has 1 heterocycles. The summed E-state index contributed by atoms with van der Waals surface area (Å²) in [7, 11) is 0. The third-order valence-electron chi connectivity index (χ3n) is 4.06. The number of benzene rings is 3. The van der Waals surface area contributed by atoms with Crippen molar-refractivity contribution in [1.82, 2.24) is 0 Å². The van der Waals surface area contributed by atoms with Crippen LogP contribution in [0.4, 0.5) is 5.69 Å². The number of para-hydroxylation sites is 1. The molecule has 1 aromatic heterocycles. The van der Waals surface area contributed by atoms with E-state index in [2.05, 4.69) is 5.32 Å². The Bertz CT molecular complexity index is 1030. The standard InChI is InChI=1S/C20H15NO2/c1-13-17-8-4-5-9-18(17)23-19(13)20(22)21-16-11-10-14-6-2-3-7-15(14)12-16/h2-12H,1H3,(H,21,22). The Hall–Kier alpha value is -3.07. The van der Waals surface area contributed by atoms with Crippen molar-refractivity contribution in [3.8, 4) is 0 Å². The molecule has 0 radical (unpaired) electrons. The molecule has 4 aromatic rings. The number of rotatable bonds is 2. The van der Waals surface area contributed by atoms with Gasteiger partial charge in [0, 0.05) is 16.6 Å². The molecule has 3 heteroatoms. The third kappa shape index (κ3) is 2.36. The molecule has 23 heavy (non-hydrogen) atoms. The van der Waals surface area contributed by atoms with Crippen molar-refractivity contribution in [2.24, 2.45) is 0 Å². The minimum absolute atomic E-state index is 0.228. The molecule has 0 bridgehead atoms. The minimum Gasteiger partial charge on any atom is -0.451 e. The van der Waals surface area contributed by atoms with E-state index in [1.807, 2.05) is 73.7 Å². The van der Waals surface area contributed by atoms with Gasteiger partial charge in [-0.15, -0.1) is 0 Å². The van der Waals surface area contributed by atoms with Crippen molar-refractivity contribution in [2.45, 2.75) is 6.92 Å². The molecular formula is C20H15NO2. The summed E-state index contributed by atoms with van der Waals surface area (Å²) < 4.78 is 5.71. The number of furan rings is 1. The molecule has 0 aliphatic heterocycles. The van der Waals surface area contributed by atoms with Gasteiger partial charge < -0.3 is 9.73 Å². The van der Waals surface area contributed by atoms with Crippen molar-refractivity contribution >= 4 is 33.3 Å². The van der Waals surface area contributed by atoms with Crippen LogP contribution in [0.5, 0.6) is 0 Å². The van der Waals surface area contributed by atoms with E-state index in [4.69, 9.17) is 4.42 Å². The summed E-state index contributed by atoms with van der Waals surface area (Å²) in [4.78, 5) is 12.5. The summed E-state index contributed by atoms with van der Waals surface area (Å²) in [6.45, 7) is 1.90. The number of hydrogen-bond donors (Lipinski definition) is 1. The molecule has 1 amide bonds. The highest BCUT2D eigenvalue weighted by atomic mass is 16.3. The Morgan fingerprint density at radius 1 is 0.913 bits per heavy atom. The smallest absolute Gasteiger partial charge is 0.291 e. The van der Waals surface area contributed by atoms with Gasteiger partial charge in [0.05, 0.1) is 0 Å². The van der Waals surface area contributed by atoms with Crippen molar-refractivity contribution in [3.05, 3.63) is 78.1 Å². The van der Waals surface area contributed by atoms with Crippen LogP contribution in [0.2, 0.25) is 0 Å². The van der Waals surface area contributed by atoms with Gasteiger partial charge in [-0.2, -0.15) is 0 Å². The molecule has 0 aliphatic carbocycles. The van der Waals surface area contributed by atoms with Crippen LogP contribution < -0.4 is 5.32 Å². The van der Waals surface area contributed by atoms with E-state index in [0.29, 0.717) is 5.76 Å². The number of hydrogen-bond acceptors (Lipinski definition) is 2. The first-order valence-electron chi connectivity index (χ1n) is 7.51. The van der Waals surface area contributed by atoms with Crippen LogP contribution >= 0.6 is 0 Å². The molecule has 4 rings (SSSR count). The molecule has 3 aromatic carbocycles. The third-order valence-corrected chi connectivity index (χ3v) is 4.06. The number of fused-ring (bicyclic) bond motifs is 2. The molecule has 0 atom stereocenters. The molecular weight excluding hydrogens is 286 g/mol. The monoisotopic (exact) mass is 301 g/mol. The van der Waals surface area contributed by atoms with E-state index in [1.165, 1.54) is 0 Å². The zero-order valence-electron chi connectivity index (χ0n) is 12.7. The lowest BCUT2D eigenvalue weighted by atomic mass is 10.1. The van der Waals surface area contributed by atoms with Gasteiger partial charge >= 0.3 is 0 Å². The predicted octanol–water partition coefficient (Wildman–Crippen LogP) is 5.15. The number of anilines is 1. The van der Waals surface area contributed by atoms with E-state index >= 15 is 0 Å². The molecule has 0 fully saturated rings. The fourth-order valence-electron chi connectivity index (χ4n) is 2.85. The topological polar surface area (TPSA) is 42.2 Å². The van der Waals surface area contributed by atoms with Crippen LogP contribution in [-0.4, -0.2) is 5.91 Å². The second kappa shape index (κ2) is 5.29. The molecule has 0 saturated heterocycles.